The minimum Gasteiger partial charge on any atom is -0.377 e. The summed E-state index contributed by atoms with van der Waals surface area (Å²) in [7, 11) is 2.20. The molecule has 0 radical (unpaired) electrons. The van der Waals surface area contributed by atoms with E-state index < -0.39 is 0 Å². The Morgan fingerprint density at radius 3 is 2.21 bits per heavy atom. The molecule has 0 unspecified atom stereocenters. The molecule has 0 amide bonds. The van der Waals surface area contributed by atoms with Crippen molar-refractivity contribution in [3.05, 3.63) is 0 Å². The fourth-order valence-corrected chi connectivity index (χ4v) is 2.98. The zero-order chi connectivity index (χ0) is 13.7. The average Bonchev–Trinajstić information content (AvgIpc) is 2.41. The molecule has 0 aromatic heterocycles. The van der Waals surface area contributed by atoms with E-state index in [0.29, 0.717) is 12.1 Å². The van der Waals surface area contributed by atoms with Crippen molar-refractivity contribution in [2.24, 2.45) is 0 Å². The predicted molar refractivity (Wildman–Crippen MR) is 79.6 cm³/mol. The lowest BCUT2D eigenvalue weighted by molar-refractivity contribution is -0.0104. The van der Waals surface area contributed by atoms with Crippen molar-refractivity contribution in [1.29, 1.82) is 0 Å². The van der Waals surface area contributed by atoms with Crippen molar-refractivity contribution in [3.8, 4) is 0 Å². The highest BCUT2D eigenvalue weighted by Crippen LogP contribution is 2.15. The first-order chi connectivity index (χ1) is 9.15. The van der Waals surface area contributed by atoms with Crippen molar-refractivity contribution in [1.82, 2.24) is 14.7 Å². The van der Waals surface area contributed by atoms with Gasteiger partial charge in [-0.1, -0.05) is 0 Å². The molecule has 2 saturated heterocycles. The number of likely N-dealkylation sites (tertiary alicyclic amines) is 1. The van der Waals surface area contributed by atoms with Crippen molar-refractivity contribution < 1.29 is 4.74 Å². The van der Waals surface area contributed by atoms with Crippen molar-refractivity contribution >= 4 is 0 Å². The monoisotopic (exact) mass is 269 g/mol. The Morgan fingerprint density at radius 1 is 1.00 bits per heavy atom. The van der Waals surface area contributed by atoms with Crippen LogP contribution in [0.2, 0.25) is 0 Å². The van der Waals surface area contributed by atoms with E-state index in [1.807, 2.05) is 0 Å². The number of hydrogen-bond donors (Lipinski definition) is 0. The molecule has 4 heteroatoms. The van der Waals surface area contributed by atoms with Gasteiger partial charge in [-0.25, -0.2) is 0 Å². The van der Waals surface area contributed by atoms with Gasteiger partial charge in [-0.3, -0.25) is 4.90 Å². The van der Waals surface area contributed by atoms with Crippen LogP contribution in [0.1, 0.15) is 26.7 Å². The number of rotatable bonds is 5. The maximum absolute atomic E-state index is 6.06. The zero-order valence-corrected chi connectivity index (χ0v) is 13.0. The minimum atomic E-state index is 0.502. The Hall–Kier alpha value is -0.160. The molecule has 0 aliphatic carbocycles. The number of piperidine rings is 1. The van der Waals surface area contributed by atoms with E-state index in [1.165, 1.54) is 52.1 Å². The van der Waals surface area contributed by atoms with Gasteiger partial charge >= 0.3 is 0 Å². The molecule has 2 aliphatic heterocycles. The Balaban J connectivity index is 1.54. The molecule has 2 aliphatic rings. The van der Waals surface area contributed by atoms with Gasteiger partial charge in [-0.15, -0.1) is 0 Å². The Bertz CT molecular complexity index is 244. The molecule has 0 N–H and O–H groups in total. The minimum absolute atomic E-state index is 0.502. The number of ether oxygens (including phenoxy) is 1. The van der Waals surface area contributed by atoms with E-state index >= 15 is 0 Å². The van der Waals surface area contributed by atoms with Gasteiger partial charge in [-0.05, 0) is 33.7 Å². The maximum atomic E-state index is 6.06. The fourth-order valence-electron chi connectivity index (χ4n) is 2.98. The van der Waals surface area contributed by atoms with Crippen LogP contribution in [-0.2, 0) is 4.74 Å². The number of hydrogen-bond acceptors (Lipinski definition) is 4. The lowest BCUT2D eigenvalue weighted by atomic mass is 10.1. The normalized spacial score (nSPS) is 25.3. The Labute approximate surface area is 118 Å². The summed E-state index contributed by atoms with van der Waals surface area (Å²) in [5.74, 6) is 0. The molecule has 0 bridgehead atoms. The third-order valence-electron chi connectivity index (χ3n) is 4.56. The molecule has 2 rings (SSSR count). The molecule has 2 heterocycles. The highest BCUT2D eigenvalue weighted by molar-refractivity contribution is 4.75. The molecular weight excluding hydrogens is 238 g/mol. The molecule has 0 spiro atoms. The highest BCUT2D eigenvalue weighted by Gasteiger charge is 2.21. The van der Waals surface area contributed by atoms with Gasteiger partial charge in [-0.2, -0.15) is 0 Å². The van der Waals surface area contributed by atoms with E-state index in [0.717, 1.165) is 13.2 Å². The van der Waals surface area contributed by atoms with E-state index in [-0.39, 0.29) is 0 Å². The quantitative estimate of drug-likeness (QED) is 0.744. The molecule has 0 atom stereocenters. The smallest absolute Gasteiger partial charge is 0.0600 e. The Morgan fingerprint density at radius 2 is 1.63 bits per heavy atom. The van der Waals surface area contributed by atoms with E-state index in [9.17, 15) is 0 Å². The van der Waals surface area contributed by atoms with Crippen LogP contribution < -0.4 is 0 Å². The molecular formula is C15H31N3O. The van der Waals surface area contributed by atoms with Crippen molar-refractivity contribution in [2.75, 3.05) is 59.5 Å². The van der Waals surface area contributed by atoms with Gasteiger partial charge in [0.05, 0.1) is 12.7 Å². The number of nitrogens with zero attached hydrogens (tertiary/aromatic N) is 3. The van der Waals surface area contributed by atoms with Gasteiger partial charge in [0.2, 0.25) is 0 Å². The van der Waals surface area contributed by atoms with Gasteiger partial charge in [0.1, 0.15) is 0 Å². The average molecular weight is 269 g/mol. The van der Waals surface area contributed by atoms with Gasteiger partial charge in [0.15, 0.2) is 0 Å². The van der Waals surface area contributed by atoms with E-state index in [1.54, 1.807) is 0 Å². The third-order valence-corrected chi connectivity index (χ3v) is 4.56. The van der Waals surface area contributed by atoms with Gasteiger partial charge < -0.3 is 14.5 Å². The van der Waals surface area contributed by atoms with Crippen molar-refractivity contribution in [3.63, 3.8) is 0 Å². The first kappa shape index (κ1) is 15.2. The largest absolute Gasteiger partial charge is 0.377 e. The summed E-state index contributed by atoms with van der Waals surface area (Å²) in [6, 6.07) is 0.686. The second-order valence-corrected chi connectivity index (χ2v) is 6.34. The molecule has 19 heavy (non-hydrogen) atoms. The lowest BCUT2D eigenvalue weighted by Gasteiger charge is -2.35. The second kappa shape index (κ2) is 7.58. The third kappa shape index (κ3) is 5.03. The second-order valence-electron chi connectivity index (χ2n) is 6.34. The summed E-state index contributed by atoms with van der Waals surface area (Å²) in [6.45, 7) is 13.8. The summed E-state index contributed by atoms with van der Waals surface area (Å²) in [6.07, 6.45) is 2.92. The van der Waals surface area contributed by atoms with Crippen LogP contribution in [0.25, 0.3) is 0 Å². The fraction of sp³-hybridized carbons (Fsp3) is 1.00. The predicted octanol–water partition coefficient (Wildman–Crippen LogP) is 1.12. The first-order valence-corrected chi connectivity index (χ1v) is 7.91. The van der Waals surface area contributed by atoms with Crippen LogP contribution in [0.5, 0.6) is 0 Å². The van der Waals surface area contributed by atoms with Gasteiger partial charge in [0, 0.05) is 51.9 Å². The summed E-state index contributed by atoms with van der Waals surface area (Å²) >= 11 is 0. The Kier molecular flexibility index (Phi) is 6.07. The van der Waals surface area contributed by atoms with Crippen LogP contribution in [0.15, 0.2) is 0 Å². The number of piperazine rings is 1. The van der Waals surface area contributed by atoms with Crippen LogP contribution in [0.4, 0.5) is 0 Å². The molecule has 0 aromatic rings. The number of likely N-dealkylation sites (N-methyl/N-ethyl adjacent to an activating group) is 1. The van der Waals surface area contributed by atoms with Crippen LogP contribution >= 0.6 is 0 Å². The standard InChI is InChI=1S/C15H31N3O/c1-14(2)18-6-4-15(5-7-18)19-13-12-17-10-8-16(3)9-11-17/h14-15H,4-13H2,1-3H3. The molecule has 0 saturated carbocycles. The van der Waals surface area contributed by atoms with Gasteiger partial charge in [0.25, 0.3) is 0 Å². The maximum Gasteiger partial charge on any atom is 0.0600 e. The lowest BCUT2D eigenvalue weighted by Crippen LogP contribution is -2.46. The van der Waals surface area contributed by atoms with Crippen LogP contribution in [0, 0.1) is 0 Å². The summed E-state index contributed by atoms with van der Waals surface area (Å²) in [4.78, 5) is 7.49. The molecule has 0 aromatic carbocycles. The summed E-state index contributed by atoms with van der Waals surface area (Å²) < 4.78 is 6.06. The molecule has 2 fully saturated rings. The first-order valence-electron chi connectivity index (χ1n) is 7.91. The highest BCUT2D eigenvalue weighted by atomic mass is 16.5. The molecule has 112 valence electrons. The zero-order valence-electron chi connectivity index (χ0n) is 13.0. The summed E-state index contributed by atoms with van der Waals surface area (Å²) in [5.41, 5.74) is 0. The van der Waals surface area contributed by atoms with E-state index in [4.69, 9.17) is 4.74 Å². The van der Waals surface area contributed by atoms with E-state index in [2.05, 4.69) is 35.6 Å². The van der Waals surface area contributed by atoms with Crippen LogP contribution in [-0.4, -0.2) is 86.3 Å². The van der Waals surface area contributed by atoms with Crippen molar-refractivity contribution in [2.45, 2.75) is 38.8 Å². The molecule has 4 nitrogen and oxygen atoms in total. The van der Waals surface area contributed by atoms with Crippen LogP contribution in [0.3, 0.4) is 0 Å². The summed E-state index contributed by atoms with van der Waals surface area (Å²) in [5, 5.41) is 0. The SMILES string of the molecule is CC(C)N1CCC(OCCN2CCN(C)CC2)CC1. The topological polar surface area (TPSA) is 19.0 Å².